The summed E-state index contributed by atoms with van der Waals surface area (Å²) in [5.41, 5.74) is 0. The maximum Gasteiger partial charge on any atom is 1.41 e. The third-order valence-corrected chi connectivity index (χ3v) is 1.43. The highest BCUT2D eigenvalue weighted by Gasteiger charge is 2.17. The Morgan fingerprint density at radius 1 is 1.44 bits per heavy atom. The molecule has 0 spiro atoms. The van der Waals surface area contributed by atoms with Crippen molar-refractivity contribution in [1.82, 2.24) is 0 Å². The second-order valence-corrected chi connectivity index (χ2v) is 3.14. The highest BCUT2D eigenvalue weighted by molar-refractivity contribution is 6.08. The Hall–Kier alpha value is 0.726. The molecule has 0 saturated heterocycles. The van der Waals surface area contributed by atoms with Crippen LogP contribution in [0.2, 0.25) is 4.55 Å². The topological polar surface area (TPSA) is 20.2 Å². The van der Waals surface area contributed by atoms with Crippen LogP contribution in [0.15, 0.2) is 0 Å². The van der Waals surface area contributed by atoms with Crippen LogP contribution in [-0.2, 0) is 0 Å². The van der Waals surface area contributed by atoms with Gasteiger partial charge in [0.2, 0.25) is 0 Å². The molecule has 9 heavy (non-hydrogen) atoms. The molecule has 0 unspecified atom stereocenters. The van der Waals surface area contributed by atoms with Crippen LogP contribution in [-0.4, -0.2) is 33.4 Å². The van der Waals surface area contributed by atoms with Crippen molar-refractivity contribution in [2.45, 2.75) is 31.7 Å². The lowest BCUT2D eigenvalue weighted by Crippen LogP contribution is -1.90. The van der Waals surface area contributed by atoms with Gasteiger partial charge in [0.05, 0.1) is 0 Å². The SMILES string of the molecule is CC(C)CO.CC[CH2][Mg+2]. The normalized spacial score (nSPS) is 8.67. The van der Waals surface area contributed by atoms with E-state index in [1.54, 1.807) is 0 Å². The molecule has 1 N–H and O–H groups in total. The quantitative estimate of drug-likeness (QED) is 0.580. The van der Waals surface area contributed by atoms with E-state index in [1.165, 1.54) is 11.0 Å². The summed E-state index contributed by atoms with van der Waals surface area (Å²) in [4.78, 5) is 0. The summed E-state index contributed by atoms with van der Waals surface area (Å²) in [5, 5.41) is 8.14. The first-order valence-electron chi connectivity index (χ1n) is 3.59. The van der Waals surface area contributed by atoms with Crippen LogP contribution in [0.5, 0.6) is 0 Å². The van der Waals surface area contributed by atoms with Gasteiger partial charge in [-0.2, -0.15) is 0 Å². The maximum atomic E-state index is 8.14. The van der Waals surface area contributed by atoms with Gasteiger partial charge in [0.15, 0.2) is 0 Å². The molecule has 2 heteroatoms. The highest BCUT2D eigenvalue weighted by Crippen LogP contribution is 1.83. The van der Waals surface area contributed by atoms with Gasteiger partial charge in [-0.3, -0.25) is 0 Å². The van der Waals surface area contributed by atoms with Gasteiger partial charge in [-0.25, -0.2) is 0 Å². The van der Waals surface area contributed by atoms with Crippen LogP contribution in [0.3, 0.4) is 0 Å². The van der Waals surface area contributed by atoms with Gasteiger partial charge in [0, 0.05) is 13.0 Å². The van der Waals surface area contributed by atoms with Gasteiger partial charge in [-0.15, -0.1) is 0 Å². The predicted octanol–water partition coefficient (Wildman–Crippen LogP) is 1.62. The molecule has 0 aliphatic heterocycles. The molecule has 0 bridgehead atoms. The Bertz CT molecular complexity index is 35.9. The van der Waals surface area contributed by atoms with Crippen molar-refractivity contribution >= 4 is 21.7 Å². The van der Waals surface area contributed by atoms with Crippen molar-refractivity contribution in [2.24, 2.45) is 5.92 Å². The molecule has 0 rings (SSSR count). The van der Waals surface area contributed by atoms with Gasteiger partial charge in [-0.05, 0) is 5.92 Å². The molecule has 0 aliphatic carbocycles. The van der Waals surface area contributed by atoms with Gasteiger partial charge in [0.25, 0.3) is 4.55 Å². The van der Waals surface area contributed by atoms with E-state index in [4.69, 9.17) is 5.11 Å². The minimum atomic E-state index is 0.306. The third-order valence-electron chi connectivity index (χ3n) is 0.719. The average molecular weight is 142 g/mol. The van der Waals surface area contributed by atoms with Crippen molar-refractivity contribution in [3.63, 3.8) is 0 Å². The molecule has 0 aliphatic rings. The fourth-order valence-corrected chi connectivity index (χ4v) is 0. The first-order chi connectivity index (χ1) is 4.18. The van der Waals surface area contributed by atoms with Crippen molar-refractivity contribution < 1.29 is 5.11 Å². The van der Waals surface area contributed by atoms with Gasteiger partial charge in [0.1, 0.15) is 0 Å². The van der Waals surface area contributed by atoms with Crippen molar-refractivity contribution in [3.05, 3.63) is 0 Å². The largest absolute Gasteiger partial charge is 1.41 e. The van der Waals surface area contributed by atoms with Gasteiger partial charge >= 0.3 is 21.7 Å². The first kappa shape index (κ1) is 12.4. The highest BCUT2D eigenvalue weighted by atomic mass is 24.4. The summed E-state index contributed by atoms with van der Waals surface area (Å²) in [7, 11) is 0. The van der Waals surface area contributed by atoms with E-state index in [0.717, 1.165) is 0 Å². The van der Waals surface area contributed by atoms with E-state index in [-0.39, 0.29) is 0 Å². The molecule has 0 aromatic heterocycles. The summed E-state index contributed by atoms with van der Waals surface area (Å²) in [6, 6.07) is 0. The Balaban J connectivity index is 0. The van der Waals surface area contributed by atoms with E-state index in [9.17, 15) is 0 Å². The molecule has 7 radical (unpaired) electrons. The molecule has 0 fully saturated rings. The van der Waals surface area contributed by atoms with Crippen molar-refractivity contribution in [1.29, 1.82) is 0 Å². The molecular weight excluding hydrogens is 124 g/mol. The number of aliphatic hydroxyl groups excluding tert-OH is 1. The molecule has 0 atom stereocenters. The average Bonchev–Trinajstić information content (AvgIpc) is 1.89. The molecule has 0 heterocycles. The Morgan fingerprint density at radius 2 is 1.67 bits per heavy atom. The molecular formula is C7H17MgO+2. The molecule has 0 saturated carbocycles. The van der Waals surface area contributed by atoms with Gasteiger partial charge in [-0.1, -0.05) is 20.8 Å². The van der Waals surface area contributed by atoms with Crippen LogP contribution in [0.25, 0.3) is 0 Å². The first-order valence-corrected chi connectivity index (χ1v) is 4.59. The summed E-state index contributed by atoms with van der Waals surface area (Å²) < 4.78 is 1.35. The van der Waals surface area contributed by atoms with E-state index in [0.29, 0.717) is 12.5 Å². The number of hydrogen-bond donors (Lipinski definition) is 1. The Kier molecular flexibility index (Phi) is 15.9. The summed E-state index contributed by atoms with van der Waals surface area (Å²) in [6.45, 7) is 6.44. The van der Waals surface area contributed by atoms with Crippen molar-refractivity contribution in [2.75, 3.05) is 6.61 Å². The second kappa shape index (κ2) is 11.5. The van der Waals surface area contributed by atoms with E-state index in [2.05, 4.69) is 6.92 Å². The molecule has 0 amide bonds. The fourth-order valence-electron chi connectivity index (χ4n) is 0. The van der Waals surface area contributed by atoms with E-state index < -0.39 is 0 Å². The van der Waals surface area contributed by atoms with Crippen LogP contribution in [0.4, 0.5) is 0 Å². The van der Waals surface area contributed by atoms with E-state index in [1.807, 2.05) is 35.6 Å². The number of aliphatic hydroxyl groups is 1. The van der Waals surface area contributed by atoms with Crippen molar-refractivity contribution in [3.8, 4) is 0 Å². The lowest BCUT2D eigenvalue weighted by molar-refractivity contribution is 0.248. The van der Waals surface area contributed by atoms with Gasteiger partial charge < -0.3 is 5.11 Å². The van der Waals surface area contributed by atoms with Crippen LogP contribution in [0, 0.1) is 5.92 Å². The molecule has 0 aromatic carbocycles. The Morgan fingerprint density at radius 3 is 1.67 bits per heavy atom. The lowest BCUT2D eigenvalue weighted by Gasteiger charge is -1.90. The number of rotatable bonds is 2. The summed E-state index contributed by atoms with van der Waals surface area (Å²) in [6.07, 6.45) is 1.33. The monoisotopic (exact) mass is 141 g/mol. The lowest BCUT2D eigenvalue weighted by atomic mass is 10.2. The van der Waals surface area contributed by atoms with E-state index >= 15 is 0 Å². The summed E-state index contributed by atoms with van der Waals surface area (Å²) >= 11 is 2.02. The van der Waals surface area contributed by atoms with Crippen LogP contribution >= 0.6 is 0 Å². The van der Waals surface area contributed by atoms with Crippen LogP contribution < -0.4 is 0 Å². The maximum absolute atomic E-state index is 8.14. The molecule has 1 nitrogen and oxygen atoms in total. The molecule has 0 aromatic rings. The summed E-state index contributed by atoms with van der Waals surface area (Å²) in [5.74, 6) is 0.440. The standard InChI is InChI=1S/C4H10O.C3H7.Mg/c1-4(2)3-5;1-3-2;/h4-5H,3H2,1-2H3;1,3H2,2H3;/q;;+2. The zero-order valence-corrected chi connectivity index (χ0v) is 8.27. The predicted molar refractivity (Wildman–Crippen MR) is 42.8 cm³/mol. The minimum absolute atomic E-state index is 0.306. The third kappa shape index (κ3) is 28.4. The number of hydrogen-bond acceptors (Lipinski definition) is 1. The smallest absolute Gasteiger partial charge is 0.396 e. The zero-order chi connectivity index (χ0) is 7.70. The second-order valence-electron chi connectivity index (χ2n) is 2.43. The molecule has 51 valence electrons. The minimum Gasteiger partial charge on any atom is -0.396 e. The zero-order valence-electron chi connectivity index (χ0n) is 6.85. The fraction of sp³-hybridized carbons (Fsp3) is 1.00. The Labute approximate surface area is 71.3 Å². The van der Waals surface area contributed by atoms with Crippen LogP contribution in [0.1, 0.15) is 27.2 Å².